The smallest absolute Gasteiger partial charge is 0.0601 e. The van der Waals surface area contributed by atoms with Gasteiger partial charge < -0.3 is 0 Å². The first-order chi connectivity index (χ1) is 6.49. The van der Waals surface area contributed by atoms with Crippen molar-refractivity contribution in [1.82, 2.24) is 4.90 Å². The summed E-state index contributed by atoms with van der Waals surface area (Å²) in [6.45, 7) is 10.1. The summed E-state index contributed by atoms with van der Waals surface area (Å²) in [6, 6.07) is 0. The first-order valence-electron chi connectivity index (χ1n) is 5.72. The molecule has 1 spiro atoms. The number of rotatable bonds is 1. The summed E-state index contributed by atoms with van der Waals surface area (Å²) in [6.07, 6.45) is 4.36. The number of hydrogen-bond acceptors (Lipinski definition) is 1. The monoisotopic (exact) mass is 191 g/mol. The summed E-state index contributed by atoms with van der Waals surface area (Å²) in [4.78, 5) is 2.52. The molecule has 2 rings (SSSR count). The van der Waals surface area contributed by atoms with E-state index in [4.69, 9.17) is 0 Å². The van der Waals surface area contributed by atoms with Crippen LogP contribution in [-0.2, 0) is 0 Å². The molecule has 0 atom stereocenters. The lowest BCUT2D eigenvalue weighted by molar-refractivity contribution is 0.358. The zero-order valence-corrected chi connectivity index (χ0v) is 9.69. The van der Waals surface area contributed by atoms with E-state index in [2.05, 4.69) is 37.5 Å². The minimum Gasteiger partial charge on any atom is -0.292 e. The van der Waals surface area contributed by atoms with Gasteiger partial charge in [-0.3, -0.25) is 4.90 Å². The van der Waals surface area contributed by atoms with Crippen molar-refractivity contribution in [3.63, 3.8) is 0 Å². The summed E-state index contributed by atoms with van der Waals surface area (Å²) < 4.78 is 0. The molecule has 1 nitrogen and oxygen atoms in total. The van der Waals surface area contributed by atoms with E-state index >= 15 is 0 Å². The molecule has 78 valence electrons. The second-order valence-electron chi connectivity index (χ2n) is 6.01. The van der Waals surface area contributed by atoms with Crippen LogP contribution in [0.4, 0.5) is 0 Å². The summed E-state index contributed by atoms with van der Waals surface area (Å²) in [5.41, 5.74) is 0.917. The highest BCUT2D eigenvalue weighted by Gasteiger charge is 2.47. The van der Waals surface area contributed by atoms with Gasteiger partial charge in [0.05, 0.1) is 6.54 Å². The molecular weight excluding hydrogens is 170 g/mol. The number of nitrogens with zero attached hydrogens (tertiary/aromatic N) is 1. The van der Waals surface area contributed by atoms with Crippen LogP contribution in [0.1, 0.15) is 40.0 Å². The predicted octanol–water partition coefficient (Wildman–Crippen LogP) is 2.52. The van der Waals surface area contributed by atoms with E-state index in [1.807, 2.05) is 0 Å². The maximum Gasteiger partial charge on any atom is 0.0601 e. The third kappa shape index (κ3) is 2.51. The first-order valence-corrected chi connectivity index (χ1v) is 5.72. The molecule has 1 saturated carbocycles. The second kappa shape index (κ2) is 3.28. The van der Waals surface area contributed by atoms with E-state index in [1.165, 1.54) is 32.4 Å². The summed E-state index contributed by atoms with van der Waals surface area (Å²) >= 11 is 0. The van der Waals surface area contributed by atoms with Gasteiger partial charge in [0, 0.05) is 12.0 Å². The topological polar surface area (TPSA) is 3.24 Å². The zero-order valence-electron chi connectivity index (χ0n) is 9.69. The molecule has 0 aromatic rings. The van der Waals surface area contributed by atoms with Crippen molar-refractivity contribution in [3.8, 4) is 11.8 Å². The number of likely N-dealkylation sites (tertiary alicyclic amines) is 1. The van der Waals surface area contributed by atoms with Crippen molar-refractivity contribution in [2.24, 2.45) is 10.8 Å². The molecule has 2 fully saturated rings. The highest BCUT2D eigenvalue weighted by molar-refractivity contribution is 5.10. The fraction of sp³-hybridized carbons (Fsp3) is 0.846. The summed E-state index contributed by atoms with van der Waals surface area (Å²) in [7, 11) is 0. The Morgan fingerprint density at radius 3 is 2.43 bits per heavy atom. The quantitative estimate of drug-likeness (QED) is 0.576. The molecule has 0 aromatic carbocycles. The van der Waals surface area contributed by atoms with Gasteiger partial charge in [0.25, 0.3) is 0 Å². The molecule has 1 heteroatoms. The molecule has 1 heterocycles. The minimum absolute atomic E-state index is 0.164. The van der Waals surface area contributed by atoms with Crippen molar-refractivity contribution < 1.29 is 0 Å². The third-order valence-electron chi connectivity index (χ3n) is 3.24. The summed E-state index contributed by atoms with van der Waals surface area (Å²) in [5.74, 6) is 6.61. The van der Waals surface area contributed by atoms with Crippen molar-refractivity contribution in [2.75, 3.05) is 19.6 Å². The largest absolute Gasteiger partial charge is 0.292 e. The van der Waals surface area contributed by atoms with Crippen LogP contribution in [0, 0.1) is 22.7 Å². The fourth-order valence-corrected chi connectivity index (χ4v) is 2.16. The molecule has 0 unspecified atom stereocenters. The van der Waals surface area contributed by atoms with Crippen LogP contribution >= 0.6 is 0 Å². The van der Waals surface area contributed by atoms with Crippen LogP contribution in [0.25, 0.3) is 0 Å². The highest BCUT2D eigenvalue weighted by atomic mass is 15.2. The van der Waals surface area contributed by atoms with E-state index in [1.54, 1.807) is 0 Å². The Morgan fingerprint density at radius 2 is 1.93 bits per heavy atom. The number of hydrogen-bond donors (Lipinski definition) is 0. The van der Waals surface area contributed by atoms with Gasteiger partial charge in [-0.1, -0.05) is 11.8 Å². The molecule has 0 N–H and O–H groups in total. The lowest BCUT2D eigenvalue weighted by Crippen LogP contribution is -2.21. The van der Waals surface area contributed by atoms with Gasteiger partial charge >= 0.3 is 0 Å². The normalized spacial score (nSPS) is 24.8. The van der Waals surface area contributed by atoms with Crippen LogP contribution in [0.2, 0.25) is 0 Å². The Kier molecular flexibility index (Phi) is 2.35. The predicted molar refractivity (Wildman–Crippen MR) is 60.0 cm³/mol. The molecule has 1 aliphatic heterocycles. The van der Waals surface area contributed by atoms with E-state index < -0.39 is 0 Å². The Morgan fingerprint density at radius 1 is 1.21 bits per heavy atom. The molecule has 1 saturated heterocycles. The van der Waals surface area contributed by atoms with E-state index in [9.17, 15) is 0 Å². The maximum absolute atomic E-state index is 3.31. The van der Waals surface area contributed by atoms with E-state index in [0.29, 0.717) is 0 Å². The van der Waals surface area contributed by atoms with E-state index in [-0.39, 0.29) is 5.41 Å². The van der Waals surface area contributed by atoms with Gasteiger partial charge in [0.2, 0.25) is 0 Å². The Labute approximate surface area is 87.9 Å². The van der Waals surface area contributed by atoms with Gasteiger partial charge in [-0.2, -0.15) is 0 Å². The minimum atomic E-state index is 0.164. The average molecular weight is 191 g/mol. The van der Waals surface area contributed by atoms with Gasteiger partial charge in [0.15, 0.2) is 0 Å². The Balaban J connectivity index is 1.78. The Bertz CT molecular complexity index is 270. The molecule has 0 radical (unpaired) electrons. The van der Waals surface area contributed by atoms with E-state index in [0.717, 1.165) is 12.0 Å². The van der Waals surface area contributed by atoms with Gasteiger partial charge in [-0.15, -0.1) is 0 Å². The molecule has 0 aromatic heterocycles. The lowest BCUT2D eigenvalue weighted by Gasteiger charge is -2.12. The van der Waals surface area contributed by atoms with Gasteiger partial charge in [-0.25, -0.2) is 0 Å². The maximum atomic E-state index is 3.31. The standard InChI is InChI=1S/C13H21N/c1-12(2,3)5-4-9-14-10-8-13(11-14)6-7-13/h6-11H2,1-3H3. The average Bonchev–Trinajstić information content (AvgIpc) is 2.65. The third-order valence-corrected chi connectivity index (χ3v) is 3.24. The molecule has 2 aliphatic rings. The Hall–Kier alpha value is -0.480. The second-order valence-corrected chi connectivity index (χ2v) is 6.01. The van der Waals surface area contributed by atoms with Crippen molar-refractivity contribution >= 4 is 0 Å². The SMILES string of the molecule is CC(C)(C)C#CCN1CCC2(CC2)C1. The van der Waals surface area contributed by atoms with Crippen LogP contribution < -0.4 is 0 Å². The molecule has 14 heavy (non-hydrogen) atoms. The van der Waals surface area contributed by atoms with Gasteiger partial charge in [0.1, 0.15) is 0 Å². The molecule has 1 aliphatic carbocycles. The van der Waals surface area contributed by atoms with Crippen molar-refractivity contribution in [3.05, 3.63) is 0 Å². The zero-order chi connectivity index (χ0) is 10.2. The lowest BCUT2D eigenvalue weighted by atomic mass is 9.98. The van der Waals surface area contributed by atoms with Crippen LogP contribution in [0.5, 0.6) is 0 Å². The fourth-order valence-electron chi connectivity index (χ4n) is 2.16. The van der Waals surface area contributed by atoms with Gasteiger partial charge in [-0.05, 0) is 52.0 Å². The van der Waals surface area contributed by atoms with Crippen molar-refractivity contribution in [1.29, 1.82) is 0 Å². The molecular formula is C13H21N. The molecule has 0 amide bonds. The van der Waals surface area contributed by atoms with Crippen LogP contribution in [0.15, 0.2) is 0 Å². The van der Waals surface area contributed by atoms with Crippen molar-refractivity contribution in [2.45, 2.75) is 40.0 Å². The van der Waals surface area contributed by atoms with Crippen LogP contribution in [0.3, 0.4) is 0 Å². The first kappa shape index (κ1) is 10.1. The molecule has 0 bridgehead atoms. The summed E-state index contributed by atoms with van der Waals surface area (Å²) in [5, 5.41) is 0. The van der Waals surface area contributed by atoms with Crippen LogP contribution in [-0.4, -0.2) is 24.5 Å². The highest BCUT2D eigenvalue weighted by Crippen LogP contribution is 2.52.